The second-order valence-electron chi connectivity index (χ2n) is 9.81. The summed E-state index contributed by atoms with van der Waals surface area (Å²) in [6, 6.07) is 11.2. The van der Waals surface area contributed by atoms with Gasteiger partial charge in [-0.15, -0.1) is 0 Å². The molecule has 30 heavy (non-hydrogen) atoms. The first-order chi connectivity index (χ1) is 14.0. The van der Waals surface area contributed by atoms with E-state index in [1.807, 2.05) is 6.92 Å². The van der Waals surface area contributed by atoms with Crippen LogP contribution in [0.3, 0.4) is 0 Å². The fraction of sp³-hybridized carbons (Fsp3) is 0.370. The number of aryl methyl sites for hydroxylation is 1. The lowest BCUT2D eigenvalue weighted by atomic mass is 9.67. The van der Waals surface area contributed by atoms with Gasteiger partial charge >= 0.3 is 0 Å². The SMILES string of the molecule is Cc1cc2c(cc1C(=O)c1ccc(C3C(=O)CCC3=O)cc1)C(C)(C)C=CC2(C)C. The molecule has 0 radical (unpaired) electrons. The maximum Gasteiger partial charge on any atom is 0.193 e. The first-order valence-corrected chi connectivity index (χ1v) is 10.6. The van der Waals surface area contributed by atoms with Crippen LogP contribution in [0.1, 0.15) is 84.6 Å². The standard InChI is InChI=1S/C27H28O3/c1-16-14-20-21(27(4,5)13-12-26(20,2)3)15-19(16)25(30)18-8-6-17(7-9-18)24-22(28)10-11-23(24)29/h6-9,12-15,24H,10-11H2,1-5H3. The number of carbonyl (C=O) groups is 3. The maximum atomic E-state index is 13.3. The molecule has 2 aliphatic rings. The zero-order valence-corrected chi connectivity index (χ0v) is 18.3. The summed E-state index contributed by atoms with van der Waals surface area (Å²) < 4.78 is 0. The highest BCUT2D eigenvalue weighted by Gasteiger charge is 2.35. The molecular weight excluding hydrogens is 372 g/mol. The largest absolute Gasteiger partial charge is 0.299 e. The van der Waals surface area contributed by atoms with E-state index in [0.29, 0.717) is 29.5 Å². The number of allylic oxidation sites excluding steroid dienone is 2. The minimum Gasteiger partial charge on any atom is -0.299 e. The first-order valence-electron chi connectivity index (χ1n) is 10.6. The van der Waals surface area contributed by atoms with Crippen LogP contribution in [0.4, 0.5) is 0 Å². The van der Waals surface area contributed by atoms with Crippen molar-refractivity contribution in [2.24, 2.45) is 0 Å². The zero-order chi connectivity index (χ0) is 21.8. The quantitative estimate of drug-likeness (QED) is 0.396. The van der Waals surface area contributed by atoms with Crippen LogP contribution >= 0.6 is 0 Å². The second-order valence-corrected chi connectivity index (χ2v) is 9.81. The summed E-state index contributed by atoms with van der Waals surface area (Å²) in [6.07, 6.45) is 5.11. The average Bonchev–Trinajstić information content (AvgIpc) is 3.03. The molecule has 4 rings (SSSR count). The fourth-order valence-corrected chi connectivity index (χ4v) is 4.68. The van der Waals surface area contributed by atoms with Gasteiger partial charge in [0.15, 0.2) is 5.78 Å². The highest BCUT2D eigenvalue weighted by Crippen LogP contribution is 2.42. The Morgan fingerprint density at radius 2 is 1.33 bits per heavy atom. The summed E-state index contributed by atoms with van der Waals surface area (Å²) in [6.45, 7) is 10.7. The number of hydrogen-bond acceptors (Lipinski definition) is 3. The zero-order valence-electron chi connectivity index (χ0n) is 18.3. The van der Waals surface area contributed by atoms with E-state index >= 15 is 0 Å². The molecule has 0 saturated heterocycles. The van der Waals surface area contributed by atoms with Crippen molar-refractivity contribution in [3.63, 3.8) is 0 Å². The van der Waals surface area contributed by atoms with Gasteiger partial charge in [-0.05, 0) is 35.2 Å². The van der Waals surface area contributed by atoms with E-state index < -0.39 is 5.92 Å². The lowest BCUT2D eigenvalue weighted by Crippen LogP contribution is -2.29. The molecule has 3 heteroatoms. The monoisotopic (exact) mass is 400 g/mol. The summed E-state index contributed by atoms with van der Waals surface area (Å²) >= 11 is 0. The van der Waals surface area contributed by atoms with Gasteiger partial charge in [-0.1, -0.05) is 70.2 Å². The minimum absolute atomic E-state index is 0.0255. The Morgan fingerprint density at radius 3 is 1.87 bits per heavy atom. The van der Waals surface area contributed by atoms with E-state index in [1.54, 1.807) is 24.3 Å². The highest BCUT2D eigenvalue weighted by molar-refractivity contribution is 6.13. The summed E-state index contributed by atoms with van der Waals surface area (Å²) in [7, 11) is 0. The van der Waals surface area contributed by atoms with Crippen LogP contribution in [-0.2, 0) is 20.4 Å². The molecule has 0 amide bonds. The van der Waals surface area contributed by atoms with Gasteiger partial charge in [0.1, 0.15) is 17.5 Å². The molecule has 0 unspecified atom stereocenters. The minimum atomic E-state index is -0.658. The molecule has 2 aliphatic carbocycles. The lowest BCUT2D eigenvalue weighted by molar-refractivity contribution is -0.123. The highest BCUT2D eigenvalue weighted by atomic mass is 16.2. The van der Waals surface area contributed by atoms with Crippen molar-refractivity contribution >= 4 is 17.3 Å². The fourth-order valence-electron chi connectivity index (χ4n) is 4.68. The van der Waals surface area contributed by atoms with Crippen LogP contribution in [0, 0.1) is 6.92 Å². The number of Topliss-reactive ketones (excluding diaryl/α,β-unsaturated/α-hetero) is 2. The molecule has 0 atom stereocenters. The number of hydrogen-bond donors (Lipinski definition) is 0. The van der Waals surface area contributed by atoms with E-state index in [2.05, 4.69) is 52.0 Å². The molecule has 1 fully saturated rings. The van der Waals surface area contributed by atoms with E-state index in [0.717, 1.165) is 5.56 Å². The summed E-state index contributed by atoms with van der Waals surface area (Å²) in [4.78, 5) is 37.4. The van der Waals surface area contributed by atoms with Gasteiger partial charge < -0.3 is 0 Å². The predicted molar refractivity (Wildman–Crippen MR) is 118 cm³/mol. The van der Waals surface area contributed by atoms with Crippen molar-refractivity contribution in [1.29, 1.82) is 0 Å². The van der Waals surface area contributed by atoms with E-state index in [9.17, 15) is 14.4 Å². The molecule has 0 bridgehead atoms. The molecule has 0 N–H and O–H groups in total. The number of ketones is 3. The number of fused-ring (bicyclic) bond motifs is 1. The van der Waals surface area contributed by atoms with Crippen LogP contribution in [0.15, 0.2) is 48.6 Å². The van der Waals surface area contributed by atoms with Crippen molar-refractivity contribution in [2.75, 3.05) is 0 Å². The molecular formula is C27H28O3. The molecule has 2 aromatic rings. The predicted octanol–water partition coefficient (Wildman–Crippen LogP) is 5.37. The van der Waals surface area contributed by atoms with Crippen molar-refractivity contribution in [3.05, 3.63) is 81.9 Å². The Labute approximate surface area is 178 Å². The summed E-state index contributed by atoms with van der Waals surface area (Å²) in [5.41, 5.74) is 5.16. The van der Waals surface area contributed by atoms with Crippen molar-refractivity contribution < 1.29 is 14.4 Å². The molecule has 2 aromatic carbocycles. The third-order valence-corrected chi connectivity index (χ3v) is 6.68. The van der Waals surface area contributed by atoms with Crippen LogP contribution in [0.25, 0.3) is 0 Å². The maximum absolute atomic E-state index is 13.3. The van der Waals surface area contributed by atoms with Crippen LogP contribution < -0.4 is 0 Å². The third-order valence-electron chi connectivity index (χ3n) is 6.68. The molecule has 0 aromatic heterocycles. The van der Waals surface area contributed by atoms with Gasteiger partial charge in [-0.3, -0.25) is 14.4 Å². The molecule has 0 heterocycles. The first kappa shape index (κ1) is 20.5. The Bertz CT molecular complexity index is 1080. The number of rotatable bonds is 3. The van der Waals surface area contributed by atoms with Crippen molar-refractivity contribution in [1.82, 2.24) is 0 Å². The van der Waals surface area contributed by atoms with Gasteiger partial charge in [0.25, 0.3) is 0 Å². The summed E-state index contributed by atoms with van der Waals surface area (Å²) in [5, 5.41) is 0. The molecule has 1 saturated carbocycles. The topological polar surface area (TPSA) is 51.2 Å². The van der Waals surface area contributed by atoms with E-state index in [1.165, 1.54) is 11.1 Å². The average molecular weight is 401 g/mol. The smallest absolute Gasteiger partial charge is 0.193 e. The van der Waals surface area contributed by atoms with Gasteiger partial charge in [0.05, 0.1) is 0 Å². The van der Waals surface area contributed by atoms with Crippen molar-refractivity contribution in [2.45, 2.75) is 64.2 Å². The molecule has 0 aliphatic heterocycles. The van der Waals surface area contributed by atoms with Crippen molar-refractivity contribution in [3.8, 4) is 0 Å². The van der Waals surface area contributed by atoms with Gasteiger partial charge in [0.2, 0.25) is 0 Å². The number of benzene rings is 2. The Morgan fingerprint density at radius 1 is 0.833 bits per heavy atom. The third kappa shape index (κ3) is 3.27. The van der Waals surface area contributed by atoms with Gasteiger partial charge in [-0.2, -0.15) is 0 Å². The van der Waals surface area contributed by atoms with Crippen LogP contribution in [0.2, 0.25) is 0 Å². The number of carbonyl (C=O) groups excluding carboxylic acids is 3. The van der Waals surface area contributed by atoms with Gasteiger partial charge in [0, 0.05) is 34.8 Å². The second kappa shape index (κ2) is 6.87. The molecule has 3 nitrogen and oxygen atoms in total. The lowest BCUT2D eigenvalue weighted by Gasteiger charge is -2.37. The van der Waals surface area contributed by atoms with Crippen LogP contribution in [-0.4, -0.2) is 17.3 Å². The Kier molecular flexibility index (Phi) is 4.68. The van der Waals surface area contributed by atoms with Gasteiger partial charge in [-0.25, -0.2) is 0 Å². The Hall–Kier alpha value is -2.81. The van der Waals surface area contributed by atoms with E-state index in [-0.39, 0.29) is 28.2 Å². The summed E-state index contributed by atoms with van der Waals surface area (Å²) in [5.74, 6) is -0.742. The molecule has 0 spiro atoms. The Balaban J connectivity index is 1.71. The van der Waals surface area contributed by atoms with Crippen LogP contribution in [0.5, 0.6) is 0 Å². The molecule has 154 valence electrons. The van der Waals surface area contributed by atoms with E-state index in [4.69, 9.17) is 0 Å². The normalized spacial score (nSPS) is 19.8.